The summed E-state index contributed by atoms with van der Waals surface area (Å²) in [7, 11) is 0. The molecule has 118 valence electrons. The van der Waals surface area contributed by atoms with Crippen molar-refractivity contribution in [2.24, 2.45) is 0 Å². The van der Waals surface area contributed by atoms with E-state index in [2.05, 4.69) is 61.8 Å². The van der Waals surface area contributed by atoms with Gasteiger partial charge in [-0.3, -0.25) is 4.90 Å². The van der Waals surface area contributed by atoms with E-state index in [4.69, 9.17) is 5.11 Å². The van der Waals surface area contributed by atoms with Crippen LogP contribution in [0.25, 0.3) is 0 Å². The highest BCUT2D eigenvalue weighted by Gasteiger charge is 2.07. The van der Waals surface area contributed by atoms with Crippen LogP contribution >= 0.6 is 0 Å². The fraction of sp³-hybridized carbons (Fsp3) is 0.556. The lowest BCUT2D eigenvalue weighted by atomic mass is 9.99. The van der Waals surface area contributed by atoms with Crippen LogP contribution in [0.15, 0.2) is 36.9 Å². The summed E-state index contributed by atoms with van der Waals surface area (Å²) in [6, 6.07) is 9.33. The van der Waals surface area contributed by atoms with Crippen LogP contribution in [0.1, 0.15) is 37.8 Å². The molecule has 0 saturated carbocycles. The van der Waals surface area contributed by atoms with E-state index in [1.807, 2.05) is 6.08 Å². The number of nitrogens with zero attached hydrogens (tertiary/aromatic N) is 1. The van der Waals surface area contributed by atoms with Gasteiger partial charge in [0.2, 0.25) is 0 Å². The molecule has 0 saturated heterocycles. The number of hydrogen-bond acceptors (Lipinski definition) is 3. The Morgan fingerprint density at radius 2 is 1.90 bits per heavy atom. The lowest BCUT2D eigenvalue weighted by molar-refractivity contribution is 0.203. The maximum atomic E-state index is 9.08. The van der Waals surface area contributed by atoms with Crippen LogP contribution in [0.3, 0.4) is 0 Å². The molecule has 0 fully saturated rings. The molecule has 1 atom stereocenters. The van der Waals surface area contributed by atoms with Crippen LogP contribution in [-0.2, 0) is 6.54 Å². The predicted molar refractivity (Wildman–Crippen MR) is 90.6 cm³/mol. The van der Waals surface area contributed by atoms with Crippen molar-refractivity contribution < 1.29 is 5.11 Å². The Labute approximate surface area is 129 Å². The van der Waals surface area contributed by atoms with Crippen LogP contribution in [0, 0.1) is 0 Å². The van der Waals surface area contributed by atoms with E-state index in [1.54, 1.807) is 0 Å². The molecule has 0 aliphatic rings. The molecule has 0 radical (unpaired) electrons. The topological polar surface area (TPSA) is 35.5 Å². The van der Waals surface area contributed by atoms with Gasteiger partial charge in [-0.2, -0.15) is 0 Å². The Morgan fingerprint density at radius 3 is 2.43 bits per heavy atom. The van der Waals surface area contributed by atoms with Gasteiger partial charge in [-0.25, -0.2) is 0 Å². The largest absolute Gasteiger partial charge is 0.395 e. The predicted octanol–water partition coefficient (Wildman–Crippen LogP) is 2.77. The van der Waals surface area contributed by atoms with E-state index >= 15 is 0 Å². The molecule has 0 aliphatic carbocycles. The number of aliphatic hydroxyl groups excluding tert-OH is 1. The summed E-state index contributed by atoms with van der Waals surface area (Å²) in [4.78, 5) is 2.19. The van der Waals surface area contributed by atoms with Gasteiger partial charge in [-0.1, -0.05) is 51.1 Å². The molecule has 0 aromatic heterocycles. The molecule has 0 heterocycles. The molecular formula is C18H30N2O. The van der Waals surface area contributed by atoms with Gasteiger partial charge in [0.1, 0.15) is 0 Å². The highest BCUT2D eigenvalue weighted by atomic mass is 16.3. The summed E-state index contributed by atoms with van der Waals surface area (Å²) >= 11 is 0. The number of benzene rings is 1. The van der Waals surface area contributed by atoms with Crippen LogP contribution in [-0.4, -0.2) is 42.3 Å². The Morgan fingerprint density at radius 1 is 1.24 bits per heavy atom. The third-order valence-corrected chi connectivity index (χ3v) is 3.59. The van der Waals surface area contributed by atoms with Crippen LogP contribution in [0.2, 0.25) is 0 Å². The first-order chi connectivity index (χ1) is 10.1. The summed E-state index contributed by atoms with van der Waals surface area (Å²) < 4.78 is 0. The van der Waals surface area contributed by atoms with E-state index in [0.717, 1.165) is 19.6 Å². The fourth-order valence-electron chi connectivity index (χ4n) is 2.30. The van der Waals surface area contributed by atoms with Gasteiger partial charge in [0.25, 0.3) is 0 Å². The lowest BCUT2D eigenvalue weighted by Gasteiger charge is -2.20. The average Bonchev–Trinajstić information content (AvgIpc) is 2.46. The zero-order valence-electron chi connectivity index (χ0n) is 13.7. The van der Waals surface area contributed by atoms with Crippen LogP contribution in [0.4, 0.5) is 0 Å². The maximum Gasteiger partial charge on any atom is 0.0558 e. The normalized spacial score (nSPS) is 12.9. The molecule has 2 N–H and O–H groups in total. The number of rotatable bonds is 10. The first kappa shape index (κ1) is 17.9. The first-order valence-corrected chi connectivity index (χ1v) is 7.83. The Balaban J connectivity index is 2.57. The second kappa shape index (κ2) is 9.72. The summed E-state index contributed by atoms with van der Waals surface area (Å²) in [6.07, 6.45) is 1.88. The first-order valence-electron chi connectivity index (χ1n) is 7.83. The van der Waals surface area contributed by atoms with Gasteiger partial charge in [0, 0.05) is 32.2 Å². The quantitative estimate of drug-likeness (QED) is 0.650. The second-order valence-electron chi connectivity index (χ2n) is 5.95. The van der Waals surface area contributed by atoms with Gasteiger partial charge in [0.05, 0.1) is 6.61 Å². The Kier molecular flexibility index (Phi) is 8.28. The molecule has 1 aromatic carbocycles. The zero-order valence-corrected chi connectivity index (χ0v) is 13.7. The average molecular weight is 290 g/mol. The fourth-order valence-corrected chi connectivity index (χ4v) is 2.30. The van der Waals surface area contributed by atoms with Crippen molar-refractivity contribution in [3.63, 3.8) is 0 Å². The lowest BCUT2D eigenvalue weighted by Crippen LogP contribution is -2.27. The van der Waals surface area contributed by atoms with Gasteiger partial charge < -0.3 is 10.4 Å². The van der Waals surface area contributed by atoms with Gasteiger partial charge >= 0.3 is 0 Å². The minimum absolute atomic E-state index is 0.184. The van der Waals surface area contributed by atoms with Crippen molar-refractivity contribution in [3.05, 3.63) is 48.0 Å². The minimum atomic E-state index is 0.184. The molecule has 1 unspecified atom stereocenters. The number of hydrogen-bond donors (Lipinski definition) is 2. The monoisotopic (exact) mass is 290 g/mol. The highest BCUT2D eigenvalue weighted by molar-refractivity contribution is 5.25. The molecular weight excluding hydrogens is 260 g/mol. The number of nitrogens with one attached hydrogen (secondary N) is 1. The Bertz CT molecular complexity index is 400. The molecule has 0 amide bonds. The van der Waals surface area contributed by atoms with E-state index in [0.29, 0.717) is 18.5 Å². The smallest absolute Gasteiger partial charge is 0.0558 e. The molecule has 21 heavy (non-hydrogen) atoms. The molecule has 1 rings (SSSR count). The third-order valence-electron chi connectivity index (χ3n) is 3.59. The van der Waals surface area contributed by atoms with Crippen LogP contribution < -0.4 is 5.32 Å². The third kappa shape index (κ3) is 6.89. The van der Waals surface area contributed by atoms with Crippen molar-refractivity contribution in [1.82, 2.24) is 10.2 Å². The van der Waals surface area contributed by atoms with E-state index in [-0.39, 0.29) is 6.61 Å². The minimum Gasteiger partial charge on any atom is -0.395 e. The molecule has 0 aliphatic heterocycles. The van der Waals surface area contributed by atoms with E-state index < -0.39 is 0 Å². The highest BCUT2D eigenvalue weighted by Crippen LogP contribution is 2.16. The van der Waals surface area contributed by atoms with E-state index in [9.17, 15) is 0 Å². The SMILES string of the molecule is C=CCN(CCO)Cc1ccc(C(C)CNC(C)C)cc1. The Hall–Kier alpha value is -1.16. The molecule has 1 aromatic rings. The van der Waals surface area contributed by atoms with Crippen LogP contribution in [0.5, 0.6) is 0 Å². The molecule has 3 nitrogen and oxygen atoms in total. The van der Waals surface area contributed by atoms with Crippen molar-refractivity contribution >= 4 is 0 Å². The molecule has 0 bridgehead atoms. The summed E-state index contributed by atoms with van der Waals surface area (Å²) in [5.41, 5.74) is 2.64. The van der Waals surface area contributed by atoms with Gasteiger partial charge in [0.15, 0.2) is 0 Å². The zero-order chi connectivity index (χ0) is 15.7. The van der Waals surface area contributed by atoms with Crippen molar-refractivity contribution in [3.8, 4) is 0 Å². The van der Waals surface area contributed by atoms with Crippen molar-refractivity contribution in [2.75, 3.05) is 26.2 Å². The standard InChI is InChI=1S/C18H30N2O/c1-5-10-20(11-12-21)14-17-6-8-18(9-7-17)16(4)13-19-15(2)3/h5-9,15-16,19,21H,1,10-14H2,2-4H3. The molecule has 0 spiro atoms. The maximum absolute atomic E-state index is 9.08. The van der Waals surface area contributed by atoms with Gasteiger partial charge in [-0.05, 0) is 17.0 Å². The summed E-state index contributed by atoms with van der Waals surface area (Å²) in [6.45, 7) is 13.9. The number of aliphatic hydroxyl groups is 1. The second-order valence-corrected chi connectivity index (χ2v) is 5.95. The van der Waals surface area contributed by atoms with Gasteiger partial charge in [-0.15, -0.1) is 6.58 Å². The summed E-state index contributed by atoms with van der Waals surface area (Å²) in [5, 5.41) is 12.6. The van der Waals surface area contributed by atoms with E-state index in [1.165, 1.54) is 11.1 Å². The van der Waals surface area contributed by atoms with Crippen molar-refractivity contribution in [1.29, 1.82) is 0 Å². The molecule has 3 heteroatoms. The summed E-state index contributed by atoms with van der Waals surface area (Å²) in [5.74, 6) is 0.517. The van der Waals surface area contributed by atoms with Crippen molar-refractivity contribution in [2.45, 2.75) is 39.3 Å².